The maximum absolute atomic E-state index is 8.54. The zero-order chi connectivity index (χ0) is 24.3. The molecule has 13 heteroatoms. The minimum atomic E-state index is 0. The van der Waals surface area contributed by atoms with Crippen molar-refractivity contribution in [1.82, 2.24) is 19.9 Å². The van der Waals surface area contributed by atoms with Crippen LogP contribution in [-0.2, 0) is 0 Å². The van der Waals surface area contributed by atoms with Crippen LogP contribution in [0.3, 0.4) is 0 Å². The van der Waals surface area contributed by atoms with Crippen LogP contribution in [0.25, 0.3) is 0 Å². The molecule has 0 amide bonds. The average Bonchev–Trinajstić information content (AvgIpc) is 2.73. The first-order chi connectivity index (χ1) is 15.0. The van der Waals surface area contributed by atoms with Crippen LogP contribution in [0, 0.1) is 27.7 Å². The van der Waals surface area contributed by atoms with Crippen LogP contribution in [0.4, 0.5) is 11.9 Å². The highest BCUT2D eigenvalue weighted by molar-refractivity contribution is 6.40. The molecule has 0 spiro atoms. The Bertz CT molecular complexity index is 924. The molecule has 0 saturated carbocycles. The van der Waals surface area contributed by atoms with Crippen LogP contribution in [0.1, 0.15) is 50.5 Å². The molecular formula is C20H32N10O3. The molecule has 0 aromatic carbocycles. The van der Waals surface area contributed by atoms with Crippen molar-refractivity contribution in [3.63, 3.8) is 0 Å². The summed E-state index contributed by atoms with van der Waals surface area (Å²) in [4.78, 5) is 16.6. The molecule has 0 fully saturated rings. The number of hydrogen-bond donors (Lipinski definition) is 4. The van der Waals surface area contributed by atoms with E-state index in [2.05, 4.69) is 51.3 Å². The SMILES string of the molecule is CC(=N\O)/C(C)=N/Nc1nc(C)cc(C)n1.CC(=N\O)/C(C)=N/Nc1nc(C)cc(C)n1.O. The van der Waals surface area contributed by atoms with Crippen LogP contribution in [0.5, 0.6) is 0 Å². The molecule has 0 aliphatic carbocycles. The number of nitrogens with zero attached hydrogens (tertiary/aromatic N) is 8. The Hall–Kier alpha value is -4.00. The average molecular weight is 461 g/mol. The predicted octanol–water partition coefficient (Wildman–Crippen LogP) is 2.64. The summed E-state index contributed by atoms with van der Waals surface area (Å²) in [5.41, 5.74) is 10.9. The highest BCUT2D eigenvalue weighted by Crippen LogP contribution is 2.04. The van der Waals surface area contributed by atoms with E-state index in [1.54, 1.807) is 27.7 Å². The molecule has 13 nitrogen and oxygen atoms in total. The van der Waals surface area contributed by atoms with Crippen molar-refractivity contribution in [3.05, 3.63) is 34.9 Å². The number of aryl methyl sites for hydroxylation is 4. The van der Waals surface area contributed by atoms with Crippen LogP contribution in [-0.4, -0.2) is 58.7 Å². The highest BCUT2D eigenvalue weighted by atomic mass is 16.4. The first kappa shape index (κ1) is 29.0. The van der Waals surface area contributed by atoms with Crippen molar-refractivity contribution in [1.29, 1.82) is 0 Å². The van der Waals surface area contributed by atoms with Crippen molar-refractivity contribution >= 4 is 34.7 Å². The van der Waals surface area contributed by atoms with Crippen LogP contribution in [0.2, 0.25) is 0 Å². The number of anilines is 2. The van der Waals surface area contributed by atoms with E-state index >= 15 is 0 Å². The van der Waals surface area contributed by atoms with Gasteiger partial charge in [0.2, 0.25) is 11.9 Å². The second kappa shape index (κ2) is 14.1. The van der Waals surface area contributed by atoms with Gasteiger partial charge in [-0.25, -0.2) is 30.8 Å². The number of aromatic nitrogens is 4. The molecule has 6 N–H and O–H groups in total. The van der Waals surface area contributed by atoms with Crippen molar-refractivity contribution in [2.24, 2.45) is 20.5 Å². The Morgan fingerprint density at radius 1 is 0.606 bits per heavy atom. The van der Waals surface area contributed by atoms with Gasteiger partial charge in [-0.05, 0) is 67.5 Å². The molecule has 0 atom stereocenters. The molecule has 0 saturated heterocycles. The van der Waals surface area contributed by atoms with E-state index < -0.39 is 0 Å². The smallest absolute Gasteiger partial charge is 0.243 e. The molecule has 2 aromatic rings. The van der Waals surface area contributed by atoms with E-state index in [1.165, 1.54) is 0 Å². The lowest BCUT2D eigenvalue weighted by molar-refractivity contribution is 0.319. The third-order valence-electron chi connectivity index (χ3n) is 3.96. The van der Waals surface area contributed by atoms with Gasteiger partial charge in [-0.2, -0.15) is 10.2 Å². The third kappa shape index (κ3) is 10.7. The number of oxime groups is 2. The summed E-state index contributed by atoms with van der Waals surface area (Å²) < 4.78 is 0. The number of rotatable bonds is 6. The van der Waals surface area contributed by atoms with E-state index in [9.17, 15) is 0 Å². The van der Waals surface area contributed by atoms with Gasteiger partial charge >= 0.3 is 0 Å². The fourth-order valence-corrected chi connectivity index (χ4v) is 2.13. The van der Waals surface area contributed by atoms with Crippen molar-refractivity contribution in [3.8, 4) is 0 Å². The minimum Gasteiger partial charge on any atom is -0.412 e. The van der Waals surface area contributed by atoms with E-state index in [0.29, 0.717) is 34.7 Å². The van der Waals surface area contributed by atoms with Crippen molar-refractivity contribution < 1.29 is 15.9 Å². The van der Waals surface area contributed by atoms with Gasteiger partial charge in [-0.3, -0.25) is 0 Å². The highest BCUT2D eigenvalue weighted by Gasteiger charge is 2.01. The molecule has 2 heterocycles. The van der Waals surface area contributed by atoms with E-state index in [-0.39, 0.29) is 5.48 Å². The first-order valence-electron chi connectivity index (χ1n) is 9.69. The summed E-state index contributed by atoms with van der Waals surface area (Å²) >= 11 is 0. The van der Waals surface area contributed by atoms with Gasteiger partial charge in [-0.15, -0.1) is 0 Å². The predicted molar refractivity (Wildman–Crippen MR) is 130 cm³/mol. The summed E-state index contributed by atoms with van der Waals surface area (Å²) in [5, 5.41) is 31.2. The Labute approximate surface area is 192 Å². The summed E-state index contributed by atoms with van der Waals surface area (Å²) in [6.45, 7) is 14.3. The van der Waals surface area contributed by atoms with E-state index in [1.807, 2.05) is 39.8 Å². The van der Waals surface area contributed by atoms with E-state index in [4.69, 9.17) is 10.4 Å². The largest absolute Gasteiger partial charge is 0.412 e. The van der Waals surface area contributed by atoms with Crippen molar-refractivity contribution in [2.45, 2.75) is 55.4 Å². The Balaban J connectivity index is 0.000000602. The normalized spacial score (nSPS) is 12.4. The van der Waals surface area contributed by atoms with Gasteiger partial charge in [0.05, 0.1) is 22.8 Å². The summed E-state index contributed by atoms with van der Waals surface area (Å²) in [6.07, 6.45) is 0. The number of hydrazone groups is 2. The maximum Gasteiger partial charge on any atom is 0.243 e. The van der Waals surface area contributed by atoms with Crippen LogP contribution in [0.15, 0.2) is 32.6 Å². The maximum atomic E-state index is 8.54. The zero-order valence-corrected chi connectivity index (χ0v) is 20.1. The Kier molecular flexibility index (Phi) is 12.4. The standard InChI is InChI=1S/2C10H15N5O.H2O/c2*1-6-5-7(2)12-10(11-6)14-13-8(3)9(4)15-16;/h2*5,16H,1-4H3,(H,11,12,14);1H2/b2*13-8+,15-9+;. The fourth-order valence-electron chi connectivity index (χ4n) is 2.13. The van der Waals surface area contributed by atoms with E-state index in [0.717, 1.165) is 22.8 Å². The molecule has 0 aliphatic heterocycles. The summed E-state index contributed by atoms with van der Waals surface area (Å²) in [7, 11) is 0. The molecule has 2 aromatic heterocycles. The molecule has 0 unspecified atom stereocenters. The van der Waals surface area contributed by atoms with Gasteiger partial charge in [0.15, 0.2) is 0 Å². The second-order valence-corrected chi connectivity index (χ2v) is 6.94. The number of nitrogens with one attached hydrogen (secondary N) is 2. The third-order valence-corrected chi connectivity index (χ3v) is 3.96. The second-order valence-electron chi connectivity index (χ2n) is 6.94. The lowest BCUT2D eigenvalue weighted by atomic mass is 10.3. The van der Waals surface area contributed by atoms with Gasteiger partial charge in [0.1, 0.15) is 0 Å². The van der Waals surface area contributed by atoms with Gasteiger partial charge in [0.25, 0.3) is 0 Å². The Morgan fingerprint density at radius 3 is 1.12 bits per heavy atom. The molecular weight excluding hydrogens is 428 g/mol. The van der Waals surface area contributed by atoms with Gasteiger partial charge < -0.3 is 15.9 Å². The molecule has 180 valence electrons. The molecule has 0 bridgehead atoms. The lowest BCUT2D eigenvalue weighted by Gasteiger charge is -2.03. The number of hydrogen-bond acceptors (Lipinski definition) is 12. The molecule has 2 rings (SSSR count). The minimum absolute atomic E-state index is 0. The van der Waals surface area contributed by atoms with Crippen molar-refractivity contribution in [2.75, 3.05) is 10.9 Å². The van der Waals surface area contributed by atoms with Crippen LogP contribution >= 0.6 is 0 Å². The monoisotopic (exact) mass is 460 g/mol. The summed E-state index contributed by atoms with van der Waals surface area (Å²) in [5.74, 6) is 0.866. The summed E-state index contributed by atoms with van der Waals surface area (Å²) in [6, 6.07) is 3.75. The van der Waals surface area contributed by atoms with Gasteiger partial charge in [0, 0.05) is 22.8 Å². The Morgan fingerprint density at radius 2 is 0.879 bits per heavy atom. The zero-order valence-electron chi connectivity index (χ0n) is 20.1. The van der Waals surface area contributed by atoms with Gasteiger partial charge in [-0.1, -0.05) is 10.3 Å². The molecule has 33 heavy (non-hydrogen) atoms. The fraction of sp³-hybridized carbons (Fsp3) is 0.400. The molecule has 0 aliphatic rings. The molecule has 0 radical (unpaired) electrons. The van der Waals surface area contributed by atoms with Crippen LogP contribution < -0.4 is 10.9 Å². The topological polar surface area (TPSA) is 197 Å². The first-order valence-corrected chi connectivity index (χ1v) is 9.69. The quantitative estimate of drug-likeness (QED) is 0.286. The lowest BCUT2D eigenvalue weighted by Crippen LogP contribution is -2.09.